The molecule has 0 saturated carbocycles. The SMILES string of the molecule is COC(=O)C=Cc1ccc2c(c1)c1ccccc1n2[C@H]1CC(OP(OCCC#N)N(C(C)C)C(C)C)[C@@H](COC(c2ccccc2)(c2ccc(OC)cc2)c2ccc(OC)cc2)O1. The van der Waals surface area contributed by atoms with Crippen LogP contribution in [-0.4, -0.2) is 74.0 Å². The summed E-state index contributed by atoms with van der Waals surface area (Å²) in [6, 6.07) is 43.0. The molecule has 1 aliphatic heterocycles. The number of nitrogens with zero attached hydrogens (tertiary/aromatic N) is 3. The number of rotatable bonds is 19. The van der Waals surface area contributed by atoms with Gasteiger partial charge in [0.05, 0.1) is 64.2 Å². The summed E-state index contributed by atoms with van der Waals surface area (Å²) in [5.41, 5.74) is 4.49. The zero-order chi connectivity index (χ0) is 44.5. The van der Waals surface area contributed by atoms with Crippen molar-refractivity contribution in [2.75, 3.05) is 34.5 Å². The van der Waals surface area contributed by atoms with Crippen molar-refractivity contribution in [1.82, 2.24) is 9.24 Å². The van der Waals surface area contributed by atoms with E-state index in [-0.39, 0.29) is 31.7 Å². The molecule has 328 valence electrons. The van der Waals surface area contributed by atoms with Crippen LogP contribution in [0.5, 0.6) is 11.5 Å². The number of carbonyl (C=O) groups is 1. The maximum atomic E-state index is 12.0. The highest BCUT2D eigenvalue weighted by molar-refractivity contribution is 7.44. The topological polar surface area (TPSA) is 114 Å². The normalized spacial score (nSPS) is 17.3. The first kappa shape index (κ1) is 45.5. The van der Waals surface area contributed by atoms with Crippen molar-refractivity contribution in [3.8, 4) is 17.6 Å². The molecule has 7 rings (SSSR count). The minimum absolute atomic E-state index is 0.0988. The molecule has 1 aliphatic rings. The summed E-state index contributed by atoms with van der Waals surface area (Å²) in [4.78, 5) is 12.0. The van der Waals surface area contributed by atoms with Crippen molar-refractivity contribution >= 4 is 42.4 Å². The zero-order valence-electron chi connectivity index (χ0n) is 37.0. The van der Waals surface area contributed by atoms with Gasteiger partial charge in [-0.2, -0.15) is 5.26 Å². The van der Waals surface area contributed by atoms with E-state index in [9.17, 15) is 10.1 Å². The highest BCUT2D eigenvalue weighted by Gasteiger charge is 2.45. The second-order valence-corrected chi connectivity index (χ2v) is 17.3. The van der Waals surface area contributed by atoms with Gasteiger partial charge in [0.25, 0.3) is 8.53 Å². The van der Waals surface area contributed by atoms with Crippen LogP contribution in [0.2, 0.25) is 0 Å². The number of ether oxygens (including phenoxy) is 5. The predicted octanol–water partition coefficient (Wildman–Crippen LogP) is 11.0. The Labute approximate surface area is 371 Å². The van der Waals surface area contributed by atoms with Crippen LogP contribution >= 0.6 is 8.53 Å². The second-order valence-electron chi connectivity index (χ2n) is 15.9. The summed E-state index contributed by atoms with van der Waals surface area (Å²) in [7, 11) is 3.05. The molecule has 0 radical (unpaired) electrons. The highest BCUT2D eigenvalue weighted by Crippen LogP contribution is 2.51. The van der Waals surface area contributed by atoms with E-state index in [1.807, 2.05) is 84.9 Å². The fourth-order valence-electron chi connectivity index (χ4n) is 8.48. The monoisotopic (exact) mass is 869 g/mol. The fraction of sp³-hybridized carbons (Fsp3) is 0.333. The molecule has 0 bridgehead atoms. The Morgan fingerprint density at radius 3 is 2.03 bits per heavy atom. The minimum atomic E-state index is -1.63. The highest BCUT2D eigenvalue weighted by atomic mass is 31.2. The molecule has 0 N–H and O–H groups in total. The molecule has 1 fully saturated rings. The lowest BCUT2D eigenvalue weighted by molar-refractivity contribution is -0.134. The van der Waals surface area contributed by atoms with Gasteiger partial charge in [0.1, 0.15) is 29.4 Å². The van der Waals surface area contributed by atoms with Crippen LogP contribution in [0.1, 0.15) is 69.0 Å². The van der Waals surface area contributed by atoms with Gasteiger partial charge >= 0.3 is 5.97 Å². The molecule has 2 heterocycles. The molecule has 5 aromatic carbocycles. The van der Waals surface area contributed by atoms with Crippen molar-refractivity contribution < 1.29 is 37.5 Å². The van der Waals surface area contributed by atoms with E-state index >= 15 is 0 Å². The molecule has 11 nitrogen and oxygen atoms in total. The lowest BCUT2D eigenvalue weighted by Crippen LogP contribution is -2.39. The maximum absolute atomic E-state index is 12.0. The Hall–Kier alpha value is -5.57. The first-order valence-electron chi connectivity index (χ1n) is 21.3. The van der Waals surface area contributed by atoms with Gasteiger partial charge in [-0.3, -0.25) is 0 Å². The van der Waals surface area contributed by atoms with Crippen molar-refractivity contribution in [2.45, 2.75) is 76.7 Å². The third kappa shape index (κ3) is 9.83. The van der Waals surface area contributed by atoms with Gasteiger partial charge in [-0.05, 0) is 98.5 Å². The molecule has 6 aromatic rings. The van der Waals surface area contributed by atoms with Gasteiger partial charge in [-0.15, -0.1) is 0 Å². The lowest BCUT2D eigenvalue weighted by Gasteiger charge is -2.39. The summed E-state index contributed by atoms with van der Waals surface area (Å²) >= 11 is 0. The number of benzene rings is 5. The maximum Gasteiger partial charge on any atom is 0.330 e. The Morgan fingerprint density at radius 2 is 1.43 bits per heavy atom. The Bertz CT molecular complexity index is 2460. The molecule has 0 amide bonds. The van der Waals surface area contributed by atoms with E-state index in [0.29, 0.717) is 6.42 Å². The summed E-state index contributed by atoms with van der Waals surface area (Å²) in [5, 5.41) is 11.6. The third-order valence-electron chi connectivity index (χ3n) is 11.3. The largest absolute Gasteiger partial charge is 0.497 e. The van der Waals surface area contributed by atoms with Gasteiger partial charge in [0.15, 0.2) is 0 Å². The molecule has 0 aliphatic carbocycles. The first-order valence-corrected chi connectivity index (χ1v) is 22.4. The van der Waals surface area contributed by atoms with Gasteiger partial charge in [-0.25, -0.2) is 9.46 Å². The quantitative estimate of drug-likeness (QED) is 0.0256. The van der Waals surface area contributed by atoms with Crippen LogP contribution < -0.4 is 9.47 Å². The van der Waals surface area contributed by atoms with Gasteiger partial charge in [0, 0.05) is 35.4 Å². The third-order valence-corrected chi connectivity index (χ3v) is 13.5. The molecule has 63 heavy (non-hydrogen) atoms. The molecular weight excluding hydrogens is 814 g/mol. The number of esters is 1. The summed E-state index contributed by atoms with van der Waals surface area (Å²) < 4.78 is 48.9. The second kappa shape index (κ2) is 20.7. The van der Waals surface area contributed by atoms with Crippen molar-refractivity contribution in [3.05, 3.63) is 150 Å². The number of aromatic nitrogens is 1. The van der Waals surface area contributed by atoms with Crippen LogP contribution in [0.25, 0.3) is 27.9 Å². The number of carbonyl (C=O) groups excluding carboxylic acids is 1. The van der Waals surface area contributed by atoms with Gasteiger partial charge in [-0.1, -0.05) is 78.9 Å². The average molecular weight is 870 g/mol. The Morgan fingerprint density at radius 1 is 0.825 bits per heavy atom. The van der Waals surface area contributed by atoms with Crippen molar-refractivity contribution in [3.63, 3.8) is 0 Å². The number of nitriles is 1. The van der Waals surface area contributed by atoms with Gasteiger partial charge < -0.3 is 37.3 Å². The van der Waals surface area contributed by atoms with E-state index in [0.717, 1.165) is 55.6 Å². The summed E-state index contributed by atoms with van der Waals surface area (Å²) in [6.45, 7) is 8.90. The van der Waals surface area contributed by atoms with E-state index in [1.165, 1.54) is 13.2 Å². The van der Waals surface area contributed by atoms with Crippen LogP contribution in [0.15, 0.2) is 127 Å². The zero-order valence-corrected chi connectivity index (χ0v) is 37.9. The van der Waals surface area contributed by atoms with Gasteiger partial charge in [0.2, 0.25) is 0 Å². The summed E-state index contributed by atoms with van der Waals surface area (Å²) in [5.74, 6) is 1.04. The number of fused-ring (bicyclic) bond motifs is 3. The fourth-order valence-corrected chi connectivity index (χ4v) is 10.2. The Balaban J connectivity index is 1.35. The lowest BCUT2D eigenvalue weighted by atomic mass is 9.80. The molecule has 0 spiro atoms. The van der Waals surface area contributed by atoms with Crippen LogP contribution in [0.3, 0.4) is 0 Å². The average Bonchev–Trinajstić information content (AvgIpc) is 3.86. The van der Waals surface area contributed by atoms with E-state index < -0.39 is 38.5 Å². The van der Waals surface area contributed by atoms with Crippen LogP contribution in [0, 0.1) is 11.3 Å². The van der Waals surface area contributed by atoms with Crippen molar-refractivity contribution in [2.24, 2.45) is 0 Å². The van der Waals surface area contributed by atoms with E-state index in [2.05, 4.69) is 79.4 Å². The van der Waals surface area contributed by atoms with E-state index in [4.69, 9.17) is 32.7 Å². The number of hydrogen-bond acceptors (Lipinski definition) is 10. The Kier molecular flexibility index (Phi) is 15.0. The molecule has 4 atom stereocenters. The number of methoxy groups -OCH3 is 3. The number of hydrogen-bond donors (Lipinski definition) is 0. The molecule has 1 saturated heterocycles. The minimum Gasteiger partial charge on any atom is -0.497 e. The molecule has 1 aromatic heterocycles. The van der Waals surface area contributed by atoms with E-state index in [1.54, 1.807) is 20.3 Å². The first-order chi connectivity index (χ1) is 30.6. The van der Waals surface area contributed by atoms with Crippen molar-refractivity contribution in [1.29, 1.82) is 5.26 Å². The van der Waals surface area contributed by atoms with Crippen LogP contribution in [0.4, 0.5) is 0 Å². The standard InChI is InChI=1S/C51H56N3O8P/c1-35(2)54(36(3)4)63(60-31-13-30-52)62-47-33-49(53-45-17-12-11-16-43(45)44-32-37(18-28-46(44)53)19-29-50(55)58-7)61-48(47)34-59-51(38-14-9-8-10-15-38,39-20-24-41(56-5)25-21-39)40-22-26-42(57-6)27-23-40/h8-12,14-29,32,35-36,47-49H,13,31,33-34H2,1-7H3/t47?,48-,49-,63?/m1/s1. The predicted molar refractivity (Wildman–Crippen MR) is 247 cm³/mol. The molecule has 12 heteroatoms. The molecular formula is C51H56N3O8P. The smallest absolute Gasteiger partial charge is 0.330 e. The van der Waals surface area contributed by atoms with Crippen LogP contribution in [-0.2, 0) is 33.7 Å². The summed E-state index contributed by atoms with van der Waals surface area (Å²) in [6.07, 6.45) is 2.40. The number of para-hydroxylation sites is 1. The molecule has 2 unspecified atom stereocenters.